The van der Waals surface area contributed by atoms with Gasteiger partial charge in [0.2, 0.25) is 5.91 Å². The van der Waals surface area contributed by atoms with Crippen LogP contribution in [-0.4, -0.2) is 54.6 Å². The van der Waals surface area contributed by atoms with Crippen molar-refractivity contribution in [3.63, 3.8) is 0 Å². The van der Waals surface area contributed by atoms with Crippen molar-refractivity contribution >= 4 is 32.6 Å². The Morgan fingerprint density at radius 1 is 1.29 bits per heavy atom. The number of thiazole rings is 1. The maximum atomic E-state index is 13.1. The van der Waals surface area contributed by atoms with Crippen molar-refractivity contribution in [1.82, 2.24) is 15.2 Å². The van der Waals surface area contributed by atoms with E-state index < -0.39 is 11.7 Å². The van der Waals surface area contributed by atoms with Crippen LogP contribution in [-0.2, 0) is 11.0 Å². The lowest BCUT2D eigenvalue weighted by Crippen LogP contribution is -2.63. The van der Waals surface area contributed by atoms with Crippen LogP contribution in [0, 0.1) is 0 Å². The molecule has 128 valence electrons. The second-order valence-electron chi connectivity index (χ2n) is 6.03. The van der Waals surface area contributed by atoms with Gasteiger partial charge in [-0.15, -0.1) is 0 Å². The fourth-order valence-electron chi connectivity index (χ4n) is 3.11. The van der Waals surface area contributed by atoms with E-state index in [9.17, 15) is 18.0 Å². The maximum absolute atomic E-state index is 13.1. The summed E-state index contributed by atoms with van der Waals surface area (Å²) >= 11 is 1.28. The molecule has 0 unspecified atom stereocenters. The zero-order valence-electron chi connectivity index (χ0n) is 12.6. The van der Waals surface area contributed by atoms with Crippen molar-refractivity contribution in [3.05, 3.63) is 23.8 Å². The van der Waals surface area contributed by atoms with E-state index in [1.807, 2.05) is 4.90 Å². The van der Waals surface area contributed by atoms with Crippen LogP contribution in [0.15, 0.2) is 18.2 Å². The summed E-state index contributed by atoms with van der Waals surface area (Å²) in [5.74, 6) is 0.0227. The molecular weight excluding hydrogens is 341 g/mol. The first-order valence-corrected chi connectivity index (χ1v) is 8.46. The number of alkyl halides is 3. The number of amides is 1. The summed E-state index contributed by atoms with van der Waals surface area (Å²) in [6.45, 7) is 3.22. The van der Waals surface area contributed by atoms with E-state index in [1.54, 1.807) is 6.07 Å². The summed E-state index contributed by atoms with van der Waals surface area (Å²) in [6, 6.07) is 4.40. The normalized spacial score (nSPS) is 20.3. The third-order valence-corrected chi connectivity index (χ3v) is 5.51. The van der Waals surface area contributed by atoms with E-state index in [2.05, 4.69) is 15.2 Å². The highest BCUT2D eigenvalue weighted by atomic mass is 32.1. The summed E-state index contributed by atoms with van der Waals surface area (Å²) in [7, 11) is 0. The maximum Gasteiger partial charge on any atom is 0.418 e. The number of carbonyl (C=O) groups excluding carboxylic acids is 1. The summed E-state index contributed by atoms with van der Waals surface area (Å²) in [6.07, 6.45) is -4.40. The van der Waals surface area contributed by atoms with Crippen LogP contribution in [0.2, 0.25) is 0 Å². The van der Waals surface area contributed by atoms with Crippen molar-refractivity contribution in [2.75, 3.05) is 37.6 Å². The first kappa shape index (κ1) is 15.6. The van der Waals surface area contributed by atoms with Gasteiger partial charge in [-0.2, -0.15) is 13.2 Å². The predicted octanol–water partition coefficient (Wildman–Crippen LogP) is 1.94. The third kappa shape index (κ3) is 2.71. The van der Waals surface area contributed by atoms with Gasteiger partial charge in [0.25, 0.3) is 0 Å². The van der Waals surface area contributed by atoms with Gasteiger partial charge in [0.1, 0.15) is 0 Å². The van der Waals surface area contributed by atoms with E-state index in [4.69, 9.17) is 0 Å². The number of anilines is 1. The highest BCUT2D eigenvalue weighted by molar-refractivity contribution is 7.22. The first-order valence-electron chi connectivity index (χ1n) is 7.64. The summed E-state index contributed by atoms with van der Waals surface area (Å²) in [4.78, 5) is 19.7. The molecule has 2 saturated heterocycles. The van der Waals surface area contributed by atoms with Crippen LogP contribution < -0.4 is 10.2 Å². The number of nitrogens with zero attached hydrogens (tertiary/aromatic N) is 3. The number of rotatable bonds is 2. The Kier molecular flexibility index (Phi) is 3.65. The fraction of sp³-hybridized carbons (Fsp3) is 0.467. The number of fused-ring (bicyclic) bond motifs is 1. The smallest absolute Gasteiger partial charge is 0.354 e. The van der Waals surface area contributed by atoms with Crippen LogP contribution in [0.25, 0.3) is 10.2 Å². The summed E-state index contributed by atoms with van der Waals surface area (Å²) in [5.41, 5.74) is -0.668. The van der Waals surface area contributed by atoms with Crippen LogP contribution in [0.4, 0.5) is 18.3 Å². The van der Waals surface area contributed by atoms with Gasteiger partial charge >= 0.3 is 6.18 Å². The van der Waals surface area contributed by atoms with Crippen LogP contribution in [0.1, 0.15) is 5.56 Å². The molecule has 2 aliphatic heterocycles. The van der Waals surface area contributed by atoms with Crippen LogP contribution in [0.3, 0.4) is 0 Å². The molecule has 4 rings (SSSR count). The van der Waals surface area contributed by atoms with Gasteiger partial charge < -0.3 is 10.2 Å². The highest BCUT2D eigenvalue weighted by Gasteiger charge is 2.37. The number of hydrogen-bond donors (Lipinski definition) is 1. The lowest BCUT2D eigenvalue weighted by molar-refractivity contribution is -0.136. The minimum absolute atomic E-state index is 0.0193. The Morgan fingerprint density at radius 2 is 2.08 bits per heavy atom. The Bertz CT molecular complexity index is 785. The Morgan fingerprint density at radius 3 is 2.79 bits per heavy atom. The highest BCUT2D eigenvalue weighted by Crippen LogP contribution is 2.39. The topological polar surface area (TPSA) is 48.5 Å². The van der Waals surface area contributed by atoms with Gasteiger partial charge in [-0.1, -0.05) is 17.4 Å². The second-order valence-corrected chi connectivity index (χ2v) is 7.03. The number of hydrogen-bond acceptors (Lipinski definition) is 5. The number of carbonyl (C=O) groups is 1. The predicted molar refractivity (Wildman–Crippen MR) is 85.2 cm³/mol. The van der Waals surface area contributed by atoms with E-state index in [0.29, 0.717) is 36.0 Å². The SMILES string of the molecule is O=C1CN(C2CN(c3nc4c(C(F)(F)F)cccc4s3)C2)CCN1. The van der Waals surface area contributed by atoms with Gasteiger partial charge in [0.05, 0.1) is 22.3 Å². The van der Waals surface area contributed by atoms with E-state index in [1.165, 1.54) is 17.4 Å². The molecule has 1 N–H and O–H groups in total. The lowest BCUT2D eigenvalue weighted by Gasteiger charge is -2.46. The molecule has 1 amide bonds. The summed E-state index contributed by atoms with van der Waals surface area (Å²) < 4.78 is 39.8. The molecule has 0 radical (unpaired) electrons. The van der Waals surface area contributed by atoms with Crippen molar-refractivity contribution in [3.8, 4) is 0 Å². The number of benzene rings is 1. The summed E-state index contributed by atoms with van der Waals surface area (Å²) in [5, 5.41) is 3.40. The first-order chi connectivity index (χ1) is 11.4. The molecule has 0 atom stereocenters. The molecule has 3 heterocycles. The fourth-order valence-corrected chi connectivity index (χ4v) is 4.12. The van der Waals surface area contributed by atoms with Crippen molar-refractivity contribution in [2.45, 2.75) is 12.2 Å². The Labute approximate surface area is 140 Å². The quantitative estimate of drug-likeness (QED) is 0.893. The molecular formula is C15H15F3N4OS. The number of para-hydroxylation sites is 1. The second kappa shape index (κ2) is 5.59. The molecule has 2 aliphatic rings. The Balaban J connectivity index is 1.51. The Hall–Kier alpha value is -1.87. The molecule has 2 aromatic rings. The lowest BCUT2D eigenvalue weighted by atomic mass is 10.1. The van der Waals surface area contributed by atoms with Gasteiger partial charge in [-0.3, -0.25) is 9.69 Å². The van der Waals surface area contributed by atoms with Gasteiger partial charge in [-0.25, -0.2) is 4.98 Å². The van der Waals surface area contributed by atoms with Crippen molar-refractivity contribution in [2.24, 2.45) is 0 Å². The minimum Gasteiger partial charge on any atom is -0.354 e. The number of piperazine rings is 1. The molecule has 1 aromatic carbocycles. The minimum atomic E-state index is -4.40. The zero-order chi connectivity index (χ0) is 16.9. The molecule has 0 aliphatic carbocycles. The van der Waals surface area contributed by atoms with Crippen LogP contribution in [0.5, 0.6) is 0 Å². The molecule has 24 heavy (non-hydrogen) atoms. The average Bonchev–Trinajstić information content (AvgIpc) is 2.87. The van der Waals surface area contributed by atoms with Crippen molar-refractivity contribution in [1.29, 1.82) is 0 Å². The molecule has 2 fully saturated rings. The van der Waals surface area contributed by atoms with Gasteiger partial charge in [-0.05, 0) is 12.1 Å². The molecule has 1 aromatic heterocycles. The molecule has 9 heteroatoms. The number of halogens is 3. The standard InChI is InChI=1S/C15H15F3N4OS/c16-15(17,18)10-2-1-3-11-13(10)20-14(24-11)22-6-9(7-22)21-5-4-19-12(23)8-21/h1-3,9H,4-8H2,(H,19,23). The van der Waals surface area contributed by atoms with E-state index in [-0.39, 0.29) is 17.5 Å². The van der Waals surface area contributed by atoms with E-state index in [0.717, 1.165) is 12.6 Å². The number of nitrogens with one attached hydrogen (secondary N) is 1. The molecule has 0 bridgehead atoms. The molecule has 0 spiro atoms. The molecule has 5 nitrogen and oxygen atoms in total. The monoisotopic (exact) mass is 356 g/mol. The van der Waals surface area contributed by atoms with Gasteiger partial charge in [0, 0.05) is 32.2 Å². The average molecular weight is 356 g/mol. The van der Waals surface area contributed by atoms with Gasteiger partial charge in [0.15, 0.2) is 5.13 Å². The van der Waals surface area contributed by atoms with Crippen molar-refractivity contribution < 1.29 is 18.0 Å². The largest absolute Gasteiger partial charge is 0.418 e. The zero-order valence-corrected chi connectivity index (χ0v) is 13.5. The third-order valence-electron chi connectivity index (χ3n) is 4.43. The van der Waals surface area contributed by atoms with E-state index >= 15 is 0 Å². The number of aromatic nitrogens is 1. The molecule has 0 saturated carbocycles. The van der Waals surface area contributed by atoms with Crippen LogP contribution >= 0.6 is 11.3 Å².